The normalized spacial score (nSPS) is 15.6. The maximum Gasteiger partial charge on any atom is 0.224 e. The van der Waals surface area contributed by atoms with E-state index in [1.165, 1.54) is 5.56 Å². The summed E-state index contributed by atoms with van der Waals surface area (Å²) in [6.45, 7) is 4.62. The minimum atomic E-state index is -0.0982. The van der Waals surface area contributed by atoms with Gasteiger partial charge in [0, 0.05) is 25.2 Å². The Kier molecular flexibility index (Phi) is 6.93. The van der Waals surface area contributed by atoms with E-state index in [9.17, 15) is 4.79 Å². The minimum absolute atomic E-state index is 0.0311. The Morgan fingerprint density at radius 3 is 2.29 bits per heavy atom. The quantitative estimate of drug-likeness (QED) is 0.758. The Balaban J connectivity index is 1.63. The van der Waals surface area contributed by atoms with E-state index in [0.717, 1.165) is 29.9 Å². The Morgan fingerprint density at radius 1 is 1.04 bits per heavy atom. The summed E-state index contributed by atoms with van der Waals surface area (Å²) in [4.78, 5) is 12.5. The van der Waals surface area contributed by atoms with Crippen molar-refractivity contribution >= 4 is 5.91 Å². The van der Waals surface area contributed by atoms with Gasteiger partial charge in [0.1, 0.15) is 11.5 Å². The Hall–Kier alpha value is -2.53. The highest BCUT2D eigenvalue weighted by molar-refractivity contribution is 5.78. The van der Waals surface area contributed by atoms with Crippen LogP contribution in [-0.4, -0.2) is 39.4 Å². The minimum Gasteiger partial charge on any atom is -0.497 e. The largest absolute Gasteiger partial charge is 0.497 e. The molecule has 0 spiro atoms. The molecule has 1 heterocycles. The summed E-state index contributed by atoms with van der Waals surface area (Å²) in [7, 11) is 1.67. The molecule has 1 aliphatic heterocycles. The Bertz CT molecular complexity index is 749. The van der Waals surface area contributed by atoms with E-state index in [1.807, 2.05) is 43.3 Å². The number of nitrogens with one attached hydrogen (secondary N) is 1. The lowest BCUT2D eigenvalue weighted by Gasteiger charge is -2.38. The molecule has 2 aromatic carbocycles. The van der Waals surface area contributed by atoms with Crippen LogP contribution in [0.3, 0.4) is 0 Å². The van der Waals surface area contributed by atoms with Gasteiger partial charge in [0.15, 0.2) is 0 Å². The topological polar surface area (TPSA) is 56.8 Å². The van der Waals surface area contributed by atoms with Crippen molar-refractivity contribution in [3.8, 4) is 11.5 Å². The summed E-state index contributed by atoms with van der Waals surface area (Å²) in [5, 5.41) is 3.15. The van der Waals surface area contributed by atoms with Crippen molar-refractivity contribution < 1.29 is 19.0 Å². The highest BCUT2D eigenvalue weighted by Crippen LogP contribution is 2.35. The number of hydrogen-bond acceptors (Lipinski definition) is 4. The van der Waals surface area contributed by atoms with Crippen LogP contribution in [0.1, 0.15) is 30.9 Å². The molecule has 0 aliphatic carbocycles. The predicted octanol–water partition coefficient (Wildman–Crippen LogP) is 3.50. The highest BCUT2D eigenvalue weighted by Gasteiger charge is 2.34. The van der Waals surface area contributed by atoms with Crippen molar-refractivity contribution in [2.45, 2.75) is 31.6 Å². The zero-order valence-electron chi connectivity index (χ0n) is 16.7. The number of rotatable bonds is 8. The Morgan fingerprint density at radius 2 is 1.68 bits per heavy atom. The molecule has 0 unspecified atom stereocenters. The first-order chi connectivity index (χ1) is 13.6. The van der Waals surface area contributed by atoms with E-state index in [0.29, 0.717) is 32.8 Å². The molecule has 1 amide bonds. The van der Waals surface area contributed by atoms with Gasteiger partial charge in [-0.15, -0.1) is 0 Å². The lowest BCUT2D eigenvalue weighted by Crippen LogP contribution is -2.45. The molecule has 5 nitrogen and oxygen atoms in total. The summed E-state index contributed by atoms with van der Waals surface area (Å²) >= 11 is 0. The molecule has 0 bridgehead atoms. The predicted molar refractivity (Wildman–Crippen MR) is 109 cm³/mol. The van der Waals surface area contributed by atoms with Crippen LogP contribution in [0, 0.1) is 0 Å². The van der Waals surface area contributed by atoms with Crippen molar-refractivity contribution in [2.75, 3.05) is 33.5 Å². The second-order valence-electron chi connectivity index (χ2n) is 7.15. The van der Waals surface area contributed by atoms with Crippen LogP contribution in [0.2, 0.25) is 0 Å². The van der Waals surface area contributed by atoms with Crippen LogP contribution in [-0.2, 0) is 21.4 Å². The SMILES string of the molecule is CCOc1ccc(CC(=O)NCC2(c3ccc(OC)cc3)CCOCC2)cc1. The highest BCUT2D eigenvalue weighted by atomic mass is 16.5. The van der Waals surface area contributed by atoms with Gasteiger partial charge in [-0.1, -0.05) is 24.3 Å². The number of amides is 1. The first-order valence-electron chi connectivity index (χ1n) is 9.86. The molecular formula is C23H29NO4. The van der Waals surface area contributed by atoms with Crippen LogP contribution >= 0.6 is 0 Å². The number of methoxy groups -OCH3 is 1. The average Bonchev–Trinajstić information content (AvgIpc) is 2.75. The molecule has 150 valence electrons. The summed E-state index contributed by atoms with van der Waals surface area (Å²) in [5.41, 5.74) is 2.10. The summed E-state index contributed by atoms with van der Waals surface area (Å²) in [6, 6.07) is 15.9. The molecule has 28 heavy (non-hydrogen) atoms. The molecule has 3 rings (SSSR count). The van der Waals surface area contributed by atoms with Crippen molar-refractivity contribution in [3.63, 3.8) is 0 Å². The van der Waals surface area contributed by atoms with E-state index in [-0.39, 0.29) is 11.3 Å². The molecule has 0 atom stereocenters. The maximum atomic E-state index is 12.5. The summed E-state index contributed by atoms with van der Waals surface area (Å²) in [5.74, 6) is 1.70. The van der Waals surface area contributed by atoms with Gasteiger partial charge in [-0.2, -0.15) is 0 Å². The standard InChI is InChI=1S/C23H29NO4/c1-3-28-21-8-4-18(5-9-21)16-22(25)24-17-23(12-14-27-15-13-23)19-6-10-20(26-2)11-7-19/h4-11H,3,12-17H2,1-2H3,(H,24,25). The van der Waals surface area contributed by atoms with E-state index < -0.39 is 0 Å². The van der Waals surface area contributed by atoms with Gasteiger partial charge >= 0.3 is 0 Å². The van der Waals surface area contributed by atoms with Crippen molar-refractivity contribution in [1.82, 2.24) is 5.32 Å². The van der Waals surface area contributed by atoms with Crippen molar-refractivity contribution in [2.24, 2.45) is 0 Å². The van der Waals surface area contributed by atoms with Crippen LogP contribution in [0.4, 0.5) is 0 Å². The third-order valence-electron chi connectivity index (χ3n) is 5.38. The zero-order valence-corrected chi connectivity index (χ0v) is 16.7. The van der Waals surface area contributed by atoms with Gasteiger partial charge in [-0.05, 0) is 55.2 Å². The molecule has 1 fully saturated rings. The fourth-order valence-corrected chi connectivity index (χ4v) is 3.66. The summed E-state index contributed by atoms with van der Waals surface area (Å²) in [6.07, 6.45) is 2.15. The molecule has 2 aromatic rings. The number of benzene rings is 2. The third kappa shape index (κ3) is 5.04. The van der Waals surface area contributed by atoms with Gasteiger partial charge in [0.2, 0.25) is 5.91 Å². The van der Waals surface area contributed by atoms with E-state index >= 15 is 0 Å². The smallest absolute Gasteiger partial charge is 0.224 e. The molecule has 1 aliphatic rings. The monoisotopic (exact) mass is 383 g/mol. The number of ether oxygens (including phenoxy) is 3. The molecular weight excluding hydrogens is 354 g/mol. The van der Waals surface area contributed by atoms with Crippen molar-refractivity contribution in [1.29, 1.82) is 0 Å². The van der Waals surface area contributed by atoms with Crippen LogP contribution in [0.25, 0.3) is 0 Å². The fraction of sp³-hybridized carbons (Fsp3) is 0.435. The summed E-state index contributed by atoms with van der Waals surface area (Å²) < 4.78 is 16.3. The van der Waals surface area contributed by atoms with E-state index in [2.05, 4.69) is 17.4 Å². The number of hydrogen-bond donors (Lipinski definition) is 1. The van der Waals surface area contributed by atoms with Crippen LogP contribution < -0.4 is 14.8 Å². The van der Waals surface area contributed by atoms with Gasteiger partial charge in [0.05, 0.1) is 20.1 Å². The molecule has 0 saturated carbocycles. The first kappa shape index (κ1) is 20.2. The van der Waals surface area contributed by atoms with Gasteiger partial charge in [0.25, 0.3) is 0 Å². The maximum absolute atomic E-state index is 12.5. The van der Waals surface area contributed by atoms with Gasteiger partial charge in [-0.25, -0.2) is 0 Å². The number of carbonyl (C=O) groups excluding carboxylic acids is 1. The zero-order chi connectivity index (χ0) is 19.8. The average molecular weight is 383 g/mol. The molecule has 1 saturated heterocycles. The number of carbonyl (C=O) groups is 1. The Labute approximate surface area is 167 Å². The third-order valence-corrected chi connectivity index (χ3v) is 5.38. The molecule has 0 radical (unpaired) electrons. The molecule has 5 heteroatoms. The first-order valence-corrected chi connectivity index (χ1v) is 9.86. The van der Waals surface area contributed by atoms with Crippen LogP contribution in [0.15, 0.2) is 48.5 Å². The fourth-order valence-electron chi connectivity index (χ4n) is 3.66. The van der Waals surface area contributed by atoms with Gasteiger partial charge in [-0.3, -0.25) is 4.79 Å². The molecule has 1 N–H and O–H groups in total. The van der Waals surface area contributed by atoms with Crippen LogP contribution in [0.5, 0.6) is 11.5 Å². The van der Waals surface area contributed by atoms with E-state index in [4.69, 9.17) is 14.2 Å². The lowest BCUT2D eigenvalue weighted by molar-refractivity contribution is -0.120. The second kappa shape index (κ2) is 9.60. The lowest BCUT2D eigenvalue weighted by atomic mass is 9.74. The van der Waals surface area contributed by atoms with Crippen molar-refractivity contribution in [3.05, 3.63) is 59.7 Å². The second-order valence-corrected chi connectivity index (χ2v) is 7.15. The molecule has 0 aromatic heterocycles. The van der Waals surface area contributed by atoms with Gasteiger partial charge < -0.3 is 19.5 Å². The van der Waals surface area contributed by atoms with E-state index in [1.54, 1.807) is 7.11 Å².